The van der Waals surface area contributed by atoms with Gasteiger partial charge in [0.05, 0.1) is 12.7 Å². The van der Waals surface area contributed by atoms with Gasteiger partial charge in [-0.2, -0.15) is 0 Å². The first kappa shape index (κ1) is 18.0. The number of H-pyrrole nitrogens is 2. The van der Waals surface area contributed by atoms with Crippen LogP contribution in [0.2, 0.25) is 5.15 Å². The van der Waals surface area contributed by atoms with Gasteiger partial charge in [-0.3, -0.25) is 9.78 Å². The molecule has 2 aromatic heterocycles. The zero-order chi connectivity index (χ0) is 19.7. The lowest BCUT2D eigenvalue weighted by Gasteiger charge is -2.04. The molecule has 2 N–H and O–H groups in total. The molecular weight excluding hydrogens is 380 g/mol. The third-order valence-corrected chi connectivity index (χ3v) is 4.83. The topological polar surface area (TPSA) is 101 Å². The third-order valence-electron chi connectivity index (χ3n) is 4.53. The third kappa shape index (κ3) is 3.68. The molecule has 8 heteroatoms. The maximum Gasteiger partial charge on any atom is 0.325 e. The summed E-state index contributed by atoms with van der Waals surface area (Å²) >= 11 is 6.22. The first-order valence-corrected chi connectivity index (χ1v) is 8.94. The minimum Gasteiger partial charge on any atom is -0.497 e. The van der Waals surface area contributed by atoms with Crippen LogP contribution >= 0.6 is 11.6 Å². The zero-order valence-electron chi connectivity index (χ0n) is 14.8. The van der Waals surface area contributed by atoms with Gasteiger partial charge in [-0.15, -0.1) is 10.2 Å². The highest BCUT2D eigenvalue weighted by molar-refractivity contribution is 6.30. The molecule has 7 nitrogen and oxygen atoms in total. The van der Waals surface area contributed by atoms with E-state index in [9.17, 15) is 9.59 Å². The van der Waals surface area contributed by atoms with E-state index in [1.165, 1.54) is 6.20 Å². The summed E-state index contributed by atoms with van der Waals surface area (Å²) in [7, 11) is 1.62. The molecule has 0 bridgehead atoms. The highest BCUT2D eigenvalue weighted by Gasteiger charge is 2.39. The van der Waals surface area contributed by atoms with E-state index in [0.29, 0.717) is 10.8 Å². The first-order valence-electron chi connectivity index (χ1n) is 8.56. The summed E-state index contributed by atoms with van der Waals surface area (Å²) in [4.78, 5) is 27.8. The van der Waals surface area contributed by atoms with Crippen molar-refractivity contribution in [3.05, 3.63) is 73.6 Å². The van der Waals surface area contributed by atoms with E-state index in [-0.39, 0.29) is 17.4 Å². The van der Waals surface area contributed by atoms with E-state index in [1.54, 1.807) is 13.2 Å². The quantitative estimate of drug-likeness (QED) is 0.664. The van der Waals surface area contributed by atoms with Crippen LogP contribution in [0.25, 0.3) is 11.3 Å². The second-order valence-electron chi connectivity index (χ2n) is 6.41. The van der Waals surface area contributed by atoms with Gasteiger partial charge in [0.25, 0.3) is 5.56 Å². The summed E-state index contributed by atoms with van der Waals surface area (Å²) in [5.74, 6) is 7.44. The van der Waals surface area contributed by atoms with Crippen LogP contribution < -0.4 is 16.0 Å². The molecule has 1 aromatic carbocycles. The van der Waals surface area contributed by atoms with Crippen molar-refractivity contribution in [3.63, 3.8) is 0 Å². The fraction of sp³-hybridized carbons (Fsp3) is 0.200. The van der Waals surface area contributed by atoms with Crippen molar-refractivity contribution in [3.8, 4) is 28.8 Å². The molecule has 0 radical (unpaired) electrons. The number of hydrogen-bond acceptors (Lipinski definition) is 5. The molecule has 0 saturated heterocycles. The molecule has 1 aliphatic rings. The highest BCUT2D eigenvalue weighted by Crippen LogP contribution is 2.49. The number of nitrogens with one attached hydrogen (secondary N) is 2. The van der Waals surface area contributed by atoms with Crippen molar-refractivity contribution in [1.82, 2.24) is 20.2 Å². The van der Waals surface area contributed by atoms with E-state index in [1.807, 2.05) is 24.3 Å². The maximum atomic E-state index is 12.0. The Labute approximate surface area is 164 Å². The molecule has 2 atom stereocenters. The Morgan fingerprint density at radius 1 is 1.25 bits per heavy atom. The molecule has 3 aromatic rings. The minimum atomic E-state index is -0.578. The van der Waals surface area contributed by atoms with Gasteiger partial charge in [0.1, 0.15) is 11.4 Å². The molecule has 0 spiro atoms. The van der Waals surface area contributed by atoms with Crippen LogP contribution in [-0.2, 0) is 0 Å². The molecule has 1 aliphatic carbocycles. The number of rotatable bonds is 3. The van der Waals surface area contributed by atoms with Crippen molar-refractivity contribution in [2.24, 2.45) is 5.92 Å². The predicted molar refractivity (Wildman–Crippen MR) is 104 cm³/mol. The van der Waals surface area contributed by atoms with E-state index in [4.69, 9.17) is 16.3 Å². The van der Waals surface area contributed by atoms with Gasteiger partial charge in [-0.25, -0.2) is 4.79 Å². The summed E-state index contributed by atoms with van der Waals surface area (Å²) in [5.41, 5.74) is 1.14. The molecule has 0 amide bonds. The number of aromatic amines is 2. The Kier molecular flexibility index (Phi) is 4.72. The number of halogens is 1. The lowest BCUT2D eigenvalue weighted by molar-refractivity contribution is 0.414. The Hall–Kier alpha value is -3.37. The second kappa shape index (κ2) is 7.33. The SMILES string of the molecule is COc1cccc(C#C[C@H]2C[C@@H]2c2cc(-c3c[nH]c(=O)[nH]c3=O)nnc2Cl)c1. The Balaban J connectivity index is 1.59. The summed E-state index contributed by atoms with van der Waals surface area (Å²) in [5, 5.41) is 8.23. The Bertz CT molecular complexity index is 1220. The van der Waals surface area contributed by atoms with Crippen LogP contribution in [0.15, 0.2) is 46.1 Å². The number of aromatic nitrogens is 4. The van der Waals surface area contributed by atoms with Crippen LogP contribution in [0.5, 0.6) is 5.75 Å². The van der Waals surface area contributed by atoms with Gasteiger partial charge in [-0.05, 0) is 36.2 Å². The molecule has 28 heavy (non-hydrogen) atoms. The smallest absolute Gasteiger partial charge is 0.325 e. The minimum absolute atomic E-state index is 0.127. The van der Waals surface area contributed by atoms with E-state index >= 15 is 0 Å². The fourth-order valence-electron chi connectivity index (χ4n) is 2.96. The van der Waals surface area contributed by atoms with Crippen LogP contribution in [-0.4, -0.2) is 27.3 Å². The van der Waals surface area contributed by atoms with Crippen LogP contribution in [0, 0.1) is 17.8 Å². The monoisotopic (exact) mass is 394 g/mol. The molecule has 0 unspecified atom stereocenters. The van der Waals surface area contributed by atoms with Crippen molar-refractivity contribution >= 4 is 11.6 Å². The summed E-state index contributed by atoms with van der Waals surface area (Å²) in [6, 6.07) is 9.30. The number of benzene rings is 1. The van der Waals surface area contributed by atoms with E-state index < -0.39 is 11.2 Å². The Morgan fingerprint density at radius 2 is 2.11 bits per heavy atom. The molecule has 4 rings (SSSR count). The highest BCUT2D eigenvalue weighted by atomic mass is 35.5. The predicted octanol–water partition coefficient (Wildman–Crippen LogP) is 2.34. The van der Waals surface area contributed by atoms with Crippen molar-refractivity contribution in [2.75, 3.05) is 7.11 Å². The van der Waals surface area contributed by atoms with Crippen molar-refractivity contribution in [2.45, 2.75) is 12.3 Å². The number of methoxy groups -OCH3 is 1. The summed E-state index contributed by atoms with van der Waals surface area (Å²) in [6.07, 6.45) is 2.17. The van der Waals surface area contributed by atoms with Gasteiger partial charge in [0.15, 0.2) is 5.15 Å². The van der Waals surface area contributed by atoms with Crippen LogP contribution in [0.1, 0.15) is 23.5 Å². The molecule has 0 aliphatic heterocycles. The van der Waals surface area contributed by atoms with E-state index in [2.05, 4.69) is 32.0 Å². The van der Waals surface area contributed by atoms with E-state index in [0.717, 1.165) is 23.3 Å². The van der Waals surface area contributed by atoms with Crippen molar-refractivity contribution < 1.29 is 4.74 Å². The Morgan fingerprint density at radius 3 is 2.89 bits per heavy atom. The number of hydrogen-bond donors (Lipinski definition) is 2. The number of ether oxygens (including phenoxy) is 1. The average Bonchev–Trinajstić information content (AvgIpc) is 3.47. The van der Waals surface area contributed by atoms with Gasteiger partial charge in [0.2, 0.25) is 0 Å². The maximum absolute atomic E-state index is 12.0. The van der Waals surface area contributed by atoms with Crippen LogP contribution in [0.3, 0.4) is 0 Å². The van der Waals surface area contributed by atoms with Gasteiger partial charge in [0, 0.05) is 23.6 Å². The molecular formula is C20H15ClN4O3. The number of nitrogens with zero attached hydrogens (tertiary/aromatic N) is 2. The zero-order valence-corrected chi connectivity index (χ0v) is 15.6. The molecule has 140 valence electrons. The fourth-order valence-corrected chi connectivity index (χ4v) is 3.19. The van der Waals surface area contributed by atoms with Gasteiger partial charge < -0.3 is 9.72 Å². The first-order chi connectivity index (χ1) is 13.5. The van der Waals surface area contributed by atoms with Crippen molar-refractivity contribution in [1.29, 1.82) is 0 Å². The summed E-state index contributed by atoms with van der Waals surface area (Å²) < 4.78 is 5.21. The lowest BCUT2D eigenvalue weighted by Crippen LogP contribution is -2.23. The molecule has 1 fully saturated rings. The van der Waals surface area contributed by atoms with Gasteiger partial charge >= 0.3 is 5.69 Å². The molecule has 2 heterocycles. The summed E-state index contributed by atoms with van der Waals surface area (Å²) in [6.45, 7) is 0. The van der Waals surface area contributed by atoms with Gasteiger partial charge in [-0.1, -0.05) is 29.5 Å². The van der Waals surface area contributed by atoms with Crippen LogP contribution in [0.4, 0.5) is 0 Å². The normalized spacial score (nSPS) is 17.5. The average molecular weight is 395 g/mol. The molecule has 1 saturated carbocycles. The largest absolute Gasteiger partial charge is 0.497 e. The second-order valence-corrected chi connectivity index (χ2v) is 6.77. The standard InChI is InChI=1S/C20H15ClN4O3/c1-28-13-4-2-3-11(7-13)5-6-12-8-14(12)15-9-17(24-25-18(15)21)16-10-22-20(27)23-19(16)26/h2-4,7,9-10,12,14H,8H2,1H3,(H2,22,23,26,27)/t12-,14-/m0/s1. The lowest BCUT2D eigenvalue weighted by atomic mass is 10.1.